The maximum absolute atomic E-state index is 11.7. The molecule has 0 aliphatic heterocycles. The van der Waals surface area contributed by atoms with Crippen LogP contribution in [-0.2, 0) is 6.73 Å². The molecule has 1 aromatic heterocycles. The second-order valence-electron chi connectivity index (χ2n) is 4.37. The number of nitro benzene ring substituents is 1. The van der Waals surface area contributed by atoms with Crippen LogP contribution in [0.15, 0.2) is 30.5 Å². The predicted octanol–water partition coefficient (Wildman–Crippen LogP) is 2.14. The Kier molecular flexibility index (Phi) is 5.83. The van der Waals surface area contributed by atoms with Crippen LogP contribution in [-0.4, -0.2) is 32.9 Å². The number of nitrogens with one attached hydrogen (secondary N) is 1. The molecule has 0 aliphatic rings. The van der Waals surface area contributed by atoms with E-state index in [1.54, 1.807) is 12.3 Å². The molecule has 0 unspecified atom stereocenters. The maximum atomic E-state index is 11.7. The van der Waals surface area contributed by atoms with Gasteiger partial charge in [0.05, 0.1) is 9.95 Å². The standard InChI is InChI=1S/C13H13ClN4O4S/c14-10-7-9(18(20)21)1-2-12(10)22-8-17-5-3-11(16-17)13(19)15-4-6-23/h1-3,5,7,23H,4,6,8H2,(H,15,19). The normalized spacial score (nSPS) is 10.3. The molecule has 0 bridgehead atoms. The van der Waals surface area contributed by atoms with E-state index in [0.29, 0.717) is 12.3 Å². The van der Waals surface area contributed by atoms with E-state index in [0.717, 1.165) is 0 Å². The summed E-state index contributed by atoms with van der Waals surface area (Å²) in [6.07, 6.45) is 1.58. The fourth-order valence-corrected chi connectivity index (χ4v) is 2.01. The summed E-state index contributed by atoms with van der Waals surface area (Å²) in [6, 6.07) is 5.45. The summed E-state index contributed by atoms with van der Waals surface area (Å²) in [5.74, 6) is 0.522. The second-order valence-corrected chi connectivity index (χ2v) is 5.22. The van der Waals surface area contributed by atoms with Crippen LogP contribution in [0, 0.1) is 10.1 Å². The Hall–Kier alpha value is -2.26. The average molecular weight is 357 g/mol. The minimum absolute atomic E-state index is 0.0113. The van der Waals surface area contributed by atoms with E-state index in [1.807, 2.05) is 0 Å². The van der Waals surface area contributed by atoms with E-state index in [-0.39, 0.29) is 34.8 Å². The van der Waals surface area contributed by atoms with E-state index in [4.69, 9.17) is 16.3 Å². The van der Waals surface area contributed by atoms with Crippen LogP contribution in [0.4, 0.5) is 5.69 Å². The first kappa shape index (κ1) is 17.1. The quantitative estimate of drug-likeness (QED) is 0.450. The molecule has 0 saturated heterocycles. The van der Waals surface area contributed by atoms with E-state index >= 15 is 0 Å². The molecule has 2 aromatic rings. The van der Waals surface area contributed by atoms with Crippen molar-refractivity contribution in [2.24, 2.45) is 0 Å². The van der Waals surface area contributed by atoms with Gasteiger partial charge >= 0.3 is 0 Å². The molecule has 0 radical (unpaired) electrons. The Balaban J connectivity index is 1.97. The smallest absolute Gasteiger partial charge is 0.271 e. The highest BCUT2D eigenvalue weighted by molar-refractivity contribution is 7.80. The summed E-state index contributed by atoms with van der Waals surface area (Å²) in [6.45, 7) is 0.459. The highest BCUT2D eigenvalue weighted by Crippen LogP contribution is 2.28. The number of halogens is 1. The zero-order valence-corrected chi connectivity index (χ0v) is 13.5. The number of benzene rings is 1. The van der Waals surface area contributed by atoms with Crippen molar-refractivity contribution in [3.8, 4) is 5.75 Å². The van der Waals surface area contributed by atoms with Crippen LogP contribution < -0.4 is 10.1 Å². The Labute approximate surface area is 141 Å². The molecular formula is C13H13ClN4O4S. The summed E-state index contributed by atoms with van der Waals surface area (Å²) in [5.41, 5.74) is 0.134. The van der Waals surface area contributed by atoms with Gasteiger partial charge in [-0.05, 0) is 12.1 Å². The van der Waals surface area contributed by atoms with Crippen molar-refractivity contribution in [2.75, 3.05) is 12.3 Å². The third kappa shape index (κ3) is 4.60. The number of aromatic nitrogens is 2. The molecular weight excluding hydrogens is 344 g/mol. The molecule has 2 rings (SSSR count). The monoisotopic (exact) mass is 356 g/mol. The molecule has 10 heteroatoms. The molecule has 0 atom stereocenters. The van der Waals surface area contributed by atoms with Crippen molar-refractivity contribution in [2.45, 2.75) is 6.73 Å². The molecule has 0 aliphatic carbocycles. The number of non-ortho nitro benzene ring substituents is 1. The van der Waals surface area contributed by atoms with Gasteiger partial charge in [0.15, 0.2) is 6.73 Å². The number of carbonyl (C=O) groups is 1. The zero-order chi connectivity index (χ0) is 16.8. The van der Waals surface area contributed by atoms with Crippen LogP contribution in [0.25, 0.3) is 0 Å². The first-order valence-corrected chi connectivity index (χ1v) is 7.51. The summed E-state index contributed by atoms with van der Waals surface area (Å²) >= 11 is 9.92. The lowest BCUT2D eigenvalue weighted by atomic mass is 10.3. The molecule has 8 nitrogen and oxygen atoms in total. The molecule has 1 N–H and O–H groups in total. The fraction of sp³-hybridized carbons (Fsp3) is 0.231. The van der Waals surface area contributed by atoms with Gasteiger partial charge in [-0.25, -0.2) is 4.68 Å². The van der Waals surface area contributed by atoms with Crippen LogP contribution in [0.1, 0.15) is 10.5 Å². The van der Waals surface area contributed by atoms with Gasteiger partial charge in [0, 0.05) is 30.6 Å². The predicted molar refractivity (Wildman–Crippen MR) is 87.1 cm³/mol. The number of carbonyl (C=O) groups excluding carboxylic acids is 1. The lowest BCUT2D eigenvalue weighted by Gasteiger charge is -2.07. The Morgan fingerprint density at radius 3 is 2.91 bits per heavy atom. The molecule has 0 spiro atoms. The summed E-state index contributed by atoms with van der Waals surface area (Å²) < 4.78 is 6.84. The zero-order valence-electron chi connectivity index (χ0n) is 11.8. The molecule has 0 saturated carbocycles. The highest BCUT2D eigenvalue weighted by atomic mass is 35.5. The van der Waals surface area contributed by atoms with Gasteiger partial charge in [0.2, 0.25) is 0 Å². The number of amides is 1. The highest BCUT2D eigenvalue weighted by Gasteiger charge is 2.11. The number of thiol groups is 1. The van der Waals surface area contributed by atoms with Crippen LogP contribution in [0.5, 0.6) is 5.75 Å². The number of hydrogen-bond acceptors (Lipinski definition) is 6. The number of ether oxygens (including phenoxy) is 1. The number of hydrogen-bond donors (Lipinski definition) is 2. The third-order valence-electron chi connectivity index (χ3n) is 2.75. The Morgan fingerprint density at radius 1 is 1.48 bits per heavy atom. The summed E-state index contributed by atoms with van der Waals surface area (Å²) in [4.78, 5) is 21.8. The van der Waals surface area contributed by atoms with Gasteiger partial charge in [0.1, 0.15) is 11.4 Å². The van der Waals surface area contributed by atoms with Crippen molar-refractivity contribution in [3.63, 3.8) is 0 Å². The largest absolute Gasteiger partial charge is 0.470 e. The molecule has 1 heterocycles. The third-order valence-corrected chi connectivity index (χ3v) is 3.27. The van der Waals surface area contributed by atoms with Crippen LogP contribution >= 0.6 is 24.2 Å². The van der Waals surface area contributed by atoms with Crippen molar-refractivity contribution >= 4 is 35.8 Å². The van der Waals surface area contributed by atoms with Gasteiger partial charge in [-0.15, -0.1) is 0 Å². The minimum atomic E-state index is -0.543. The fourth-order valence-electron chi connectivity index (χ4n) is 1.67. The number of nitrogens with zero attached hydrogens (tertiary/aromatic N) is 3. The summed E-state index contributed by atoms with van der Waals surface area (Å²) in [5, 5.41) is 17.5. The van der Waals surface area contributed by atoms with Crippen LogP contribution in [0.3, 0.4) is 0 Å². The molecule has 1 aromatic carbocycles. The first-order chi connectivity index (χ1) is 11.0. The number of nitro groups is 1. The molecule has 0 fully saturated rings. The van der Waals surface area contributed by atoms with E-state index < -0.39 is 4.92 Å². The molecule has 122 valence electrons. The van der Waals surface area contributed by atoms with E-state index in [1.165, 1.54) is 22.9 Å². The maximum Gasteiger partial charge on any atom is 0.271 e. The first-order valence-electron chi connectivity index (χ1n) is 6.50. The van der Waals surface area contributed by atoms with Crippen molar-refractivity contribution < 1.29 is 14.5 Å². The van der Waals surface area contributed by atoms with Crippen molar-refractivity contribution in [1.29, 1.82) is 0 Å². The van der Waals surface area contributed by atoms with E-state index in [9.17, 15) is 14.9 Å². The Bertz CT molecular complexity index is 722. The summed E-state index contributed by atoms with van der Waals surface area (Å²) in [7, 11) is 0. The van der Waals surface area contributed by atoms with Gasteiger partial charge < -0.3 is 10.1 Å². The average Bonchev–Trinajstić information content (AvgIpc) is 3.00. The van der Waals surface area contributed by atoms with Gasteiger partial charge in [-0.1, -0.05) is 11.6 Å². The van der Waals surface area contributed by atoms with Crippen molar-refractivity contribution in [3.05, 3.63) is 51.3 Å². The molecule has 1 amide bonds. The van der Waals surface area contributed by atoms with E-state index in [2.05, 4.69) is 23.0 Å². The second kappa shape index (κ2) is 7.84. The van der Waals surface area contributed by atoms with Gasteiger partial charge in [0.25, 0.3) is 11.6 Å². The van der Waals surface area contributed by atoms with Crippen molar-refractivity contribution in [1.82, 2.24) is 15.1 Å². The van der Waals surface area contributed by atoms with Crippen LogP contribution in [0.2, 0.25) is 5.02 Å². The SMILES string of the molecule is O=C(NCCS)c1ccn(COc2ccc([N+](=O)[O-])cc2Cl)n1. The van der Waals surface area contributed by atoms with Gasteiger partial charge in [-0.3, -0.25) is 14.9 Å². The lowest BCUT2D eigenvalue weighted by molar-refractivity contribution is -0.384. The van der Waals surface area contributed by atoms with Gasteiger partial charge in [-0.2, -0.15) is 17.7 Å². The minimum Gasteiger partial charge on any atom is -0.470 e. The topological polar surface area (TPSA) is 99.3 Å². The molecule has 23 heavy (non-hydrogen) atoms. The Morgan fingerprint density at radius 2 is 2.26 bits per heavy atom. The number of rotatable bonds is 7. The lowest BCUT2D eigenvalue weighted by Crippen LogP contribution is -2.26.